The fourth-order valence-electron chi connectivity index (χ4n) is 2.71. The molecule has 2 aromatic rings. The fraction of sp³-hybridized carbons (Fsp3) is 0.385. The maximum Gasteiger partial charge on any atom is 0.123 e. The van der Waals surface area contributed by atoms with Crippen molar-refractivity contribution in [3.63, 3.8) is 0 Å². The molecule has 0 bridgehead atoms. The Kier molecular flexibility index (Phi) is 2.04. The third-order valence-corrected chi connectivity index (χ3v) is 3.38. The zero-order valence-electron chi connectivity index (χ0n) is 9.47. The minimum Gasteiger partial charge on any atom is -0.357 e. The molecule has 2 nitrogen and oxygen atoms in total. The first-order chi connectivity index (χ1) is 7.65. The molecule has 2 atom stereocenters. The second-order valence-corrected chi connectivity index (χ2v) is 4.70. The van der Waals surface area contributed by atoms with Gasteiger partial charge in [-0.1, -0.05) is 0 Å². The van der Waals surface area contributed by atoms with E-state index in [4.69, 9.17) is 0 Å². The Morgan fingerprint density at radius 2 is 2.12 bits per heavy atom. The molecule has 0 amide bonds. The molecule has 2 N–H and O–H groups in total. The molecule has 1 aliphatic rings. The van der Waals surface area contributed by atoms with Gasteiger partial charge in [-0.3, -0.25) is 0 Å². The van der Waals surface area contributed by atoms with Gasteiger partial charge in [0, 0.05) is 28.7 Å². The predicted molar refractivity (Wildman–Crippen MR) is 63.0 cm³/mol. The second-order valence-electron chi connectivity index (χ2n) is 4.70. The largest absolute Gasteiger partial charge is 0.357 e. The number of hydrogen-bond acceptors (Lipinski definition) is 1. The van der Waals surface area contributed by atoms with Gasteiger partial charge in [-0.15, -0.1) is 0 Å². The molecule has 0 saturated carbocycles. The Labute approximate surface area is 93.9 Å². The monoisotopic (exact) mass is 218 g/mol. The van der Waals surface area contributed by atoms with Crippen LogP contribution in [0.3, 0.4) is 0 Å². The molecule has 0 aliphatic carbocycles. The summed E-state index contributed by atoms with van der Waals surface area (Å²) in [7, 11) is 0. The topological polar surface area (TPSA) is 27.8 Å². The summed E-state index contributed by atoms with van der Waals surface area (Å²) in [5, 5.41) is 4.52. The highest BCUT2D eigenvalue weighted by Gasteiger charge is 2.24. The third kappa shape index (κ3) is 1.35. The molecule has 0 unspecified atom stereocenters. The number of halogens is 1. The van der Waals surface area contributed by atoms with Gasteiger partial charge in [0.2, 0.25) is 0 Å². The number of benzene rings is 1. The molecule has 3 rings (SSSR count). The number of fused-ring (bicyclic) bond motifs is 3. The maximum absolute atomic E-state index is 13.2. The number of rotatable bonds is 0. The molecule has 3 heteroatoms. The summed E-state index contributed by atoms with van der Waals surface area (Å²) in [6, 6.07) is 5.72. The van der Waals surface area contributed by atoms with E-state index < -0.39 is 0 Å². The molecule has 1 aromatic heterocycles. The van der Waals surface area contributed by atoms with Crippen LogP contribution in [0, 0.1) is 5.82 Å². The number of aromatic nitrogens is 1. The molecule has 0 saturated heterocycles. The maximum atomic E-state index is 13.2. The summed E-state index contributed by atoms with van der Waals surface area (Å²) >= 11 is 0. The summed E-state index contributed by atoms with van der Waals surface area (Å²) in [5.74, 6) is -0.159. The summed E-state index contributed by atoms with van der Waals surface area (Å²) in [6.45, 7) is 4.30. The van der Waals surface area contributed by atoms with E-state index in [0.29, 0.717) is 12.1 Å². The SMILES string of the molecule is C[C@@H]1Cc2c([nH]c3ccc(F)cc23)[C@H](C)N1. The number of hydrogen-bond donors (Lipinski definition) is 2. The lowest BCUT2D eigenvalue weighted by Gasteiger charge is -2.26. The third-order valence-electron chi connectivity index (χ3n) is 3.38. The van der Waals surface area contributed by atoms with Crippen molar-refractivity contribution in [1.82, 2.24) is 10.3 Å². The molecule has 16 heavy (non-hydrogen) atoms. The minimum atomic E-state index is -0.159. The first kappa shape index (κ1) is 9.85. The van der Waals surface area contributed by atoms with Gasteiger partial charge >= 0.3 is 0 Å². The van der Waals surface area contributed by atoms with Crippen molar-refractivity contribution in [2.45, 2.75) is 32.4 Å². The van der Waals surface area contributed by atoms with Crippen LogP contribution in [-0.4, -0.2) is 11.0 Å². The van der Waals surface area contributed by atoms with Crippen LogP contribution >= 0.6 is 0 Å². The van der Waals surface area contributed by atoms with Gasteiger partial charge in [-0.05, 0) is 44.0 Å². The van der Waals surface area contributed by atoms with Crippen LogP contribution in [0.15, 0.2) is 18.2 Å². The lowest BCUT2D eigenvalue weighted by Crippen LogP contribution is -2.35. The molecule has 1 aliphatic heterocycles. The molecule has 1 aromatic carbocycles. The first-order valence-electron chi connectivity index (χ1n) is 5.71. The van der Waals surface area contributed by atoms with E-state index >= 15 is 0 Å². The standard InChI is InChI=1S/C13H15FN2/c1-7-5-11-10-6-9(14)3-4-12(10)16-13(11)8(2)15-7/h3-4,6-8,15-16H,5H2,1-2H3/t7-,8+/m1/s1. The Hall–Kier alpha value is -1.35. The van der Waals surface area contributed by atoms with Gasteiger partial charge in [-0.25, -0.2) is 4.39 Å². The molecular weight excluding hydrogens is 203 g/mol. The number of nitrogens with one attached hydrogen (secondary N) is 2. The van der Waals surface area contributed by atoms with Gasteiger partial charge in [0.25, 0.3) is 0 Å². The van der Waals surface area contributed by atoms with Crippen LogP contribution in [0.25, 0.3) is 10.9 Å². The Balaban J connectivity index is 2.27. The van der Waals surface area contributed by atoms with Crippen LogP contribution in [0.2, 0.25) is 0 Å². The summed E-state index contributed by atoms with van der Waals surface area (Å²) < 4.78 is 13.2. The normalized spacial score (nSPS) is 24.7. The van der Waals surface area contributed by atoms with Gasteiger partial charge in [-0.2, -0.15) is 0 Å². The molecule has 2 heterocycles. The van der Waals surface area contributed by atoms with Crippen LogP contribution in [0.5, 0.6) is 0 Å². The highest BCUT2D eigenvalue weighted by Crippen LogP contribution is 2.31. The van der Waals surface area contributed by atoms with Crippen molar-refractivity contribution in [2.75, 3.05) is 0 Å². The van der Waals surface area contributed by atoms with Crippen molar-refractivity contribution in [2.24, 2.45) is 0 Å². The van der Waals surface area contributed by atoms with E-state index in [1.807, 2.05) is 6.07 Å². The van der Waals surface area contributed by atoms with E-state index in [9.17, 15) is 4.39 Å². The zero-order chi connectivity index (χ0) is 11.3. The van der Waals surface area contributed by atoms with Crippen molar-refractivity contribution < 1.29 is 4.39 Å². The van der Waals surface area contributed by atoms with Gasteiger partial charge in [0.1, 0.15) is 5.82 Å². The molecule has 0 spiro atoms. The first-order valence-corrected chi connectivity index (χ1v) is 5.71. The highest BCUT2D eigenvalue weighted by molar-refractivity contribution is 5.85. The Morgan fingerprint density at radius 1 is 1.31 bits per heavy atom. The van der Waals surface area contributed by atoms with Crippen molar-refractivity contribution in [3.8, 4) is 0 Å². The van der Waals surface area contributed by atoms with Crippen LogP contribution in [0.1, 0.15) is 31.1 Å². The van der Waals surface area contributed by atoms with Crippen molar-refractivity contribution in [1.29, 1.82) is 0 Å². The van der Waals surface area contributed by atoms with E-state index in [-0.39, 0.29) is 5.82 Å². The van der Waals surface area contributed by atoms with Crippen LogP contribution < -0.4 is 5.32 Å². The van der Waals surface area contributed by atoms with E-state index in [2.05, 4.69) is 24.1 Å². The van der Waals surface area contributed by atoms with Crippen molar-refractivity contribution >= 4 is 10.9 Å². The van der Waals surface area contributed by atoms with E-state index in [0.717, 1.165) is 17.3 Å². The average Bonchev–Trinajstić information content (AvgIpc) is 2.57. The molecule has 0 radical (unpaired) electrons. The quantitative estimate of drug-likeness (QED) is 0.699. The van der Waals surface area contributed by atoms with Crippen LogP contribution in [0.4, 0.5) is 4.39 Å². The molecular formula is C13H15FN2. The Morgan fingerprint density at radius 3 is 2.94 bits per heavy atom. The van der Waals surface area contributed by atoms with Gasteiger partial charge in [0.05, 0.1) is 0 Å². The van der Waals surface area contributed by atoms with Crippen molar-refractivity contribution in [3.05, 3.63) is 35.3 Å². The van der Waals surface area contributed by atoms with E-state index in [1.165, 1.54) is 17.3 Å². The van der Waals surface area contributed by atoms with Crippen LogP contribution in [-0.2, 0) is 6.42 Å². The summed E-state index contributed by atoms with van der Waals surface area (Å²) in [6.07, 6.45) is 0.961. The minimum absolute atomic E-state index is 0.159. The number of H-pyrrole nitrogens is 1. The van der Waals surface area contributed by atoms with Gasteiger partial charge < -0.3 is 10.3 Å². The molecule has 0 fully saturated rings. The summed E-state index contributed by atoms with van der Waals surface area (Å²) in [5.41, 5.74) is 3.51. The smallest absolute Gasteiger partial charge is 0.123 e. The fourth-order valence-corrected chi connectivity index (χ4v) is 2.71. The Bertz CT molecular complexity index is 544. The summed E-state index contributed by atoms with van der Waals surface area (Å²) in [4.78, 5) is 3.38. The lowest BCUT2D eigenvalue weighted by molar-refractivity contribution is 0.441. The molecule has 84 valence electrons. The average molecular weight is 218 g/mol. The lowest BCUT2D eigenvalue weighted by atomic mass is 9.95. The predicted octanol–water partition coefficient (Wildman–Crippen LogP) is 2.90. The zero-order valence-corrected chi connectivity index (χ0v) is 9.47. The second kappa shape index (κ2) is 3.32. The highest BCUT2D eigenvalue weighted by atomic mass is 19.1. The van der Waals surface area contributed by atoms with Gasteiger partial charge in [0.15, 0.2) is 0 Å². The number of aromatic amines is 1. The van der Waals surface area contributed by atoms with E-state index in [1.54, 1.807) is 6.07 Å².